The first-order valence-corrected chi connectivity index (χ1v) is 8.30. The van der Waals surface area contributed by atoms with E-state index in [9.17, 15) is 0 Å². The summed E-state index contributed by atoms with van der Waals surface area (Å²) in [6.45, 7) is 0.619. The first-order valence-electron chi connectivity index (χ1n) is 6.29. The standard InChI is InChI=1S/C15H13ClN2S2/c16-11-5-3-4-10(8-9-17)14(11)20-15-18-12-6-1-2-7-13(12)19-15/h1-7H,8-9,17H2. The first kappa shape index (κ1) is 13.9. The Morgan fingerprint density at radius 1 is 1.15 bits per heavy atom. The van der Waals surface area contributed by atoms with Crippen LogP contribution in [0.3, 0.4) is 0 Å². The molecule has 0 bridgehead atoms. The molecule has 20 heavy (non-hydrogen) atoms. The van der Waals surface area contributed by atoms with Gasteiger partial charge in [0.1, 0.15) is 0 Å². The molecular weight excluding hydrogens is 308 g/mol. The number of hydrogen-bond donors (Lipinski definition) is 1. The highest BCUT2D eigenvalue weighted by Crippen LogP contribution is 2.39. The van der Waals surface area contributed by atoms with Gasteiger partial charge in [-0.2, -0.15) is 0 Å². The third-order valence-electron chi connectivity index (χ3n) is 2.93. The number of rotatable bonds is 4. The molecule has 1 aromatic heterocycles. The van der Waals surface area contributed by atoms with Crippen molar-refractivity contribution < 1.29 is 0 Å². The van der Waals surface area contributed by atoms with Crippen molar-refractivity contribution >= 4 is 44.9 Å². The van der Waals surface area contributed by atoms with Crippen molar-refractivity contribution in [3.05, 3.63) is 53.1 Å². The lowest BCUT2D eigenvalue weighted by molar-refractivity contribution is 0.944. The summed E-state index contributed by atoms with van der Waals surface area (Å²) in [5.74, 6) is 0. The van der Waals surface area contributed by atoms with Crippen molar-refractivity contribution in [2.24, 2.45) is 5.73 Å². The summed E-state index contributed by atoms with van der Waals surface area (Å²) in [5, 5.41) is 0.764. The summed E-state index contributed by atoms with van der Waals surface area (Å²) in [7, 11) is 0. The molecule has 0 atom stereocenters. The molecule has 0 aliphatic heterocycles. The molecule has 0 saturated carbocycles. The van der Waals surface area contributed by atoms with E-state index < -0.39 is 0 Å². The fourth-order valence-corrected chi connectivity index (χ4v) is 4.48. The molecule has 3 rings (SSSR count). The van der Waals surface area contributed by atoms with Crippen molar-refractivity contribution in [1.29, 1.82) is 0 Å². The lowest BCUT2D eigenvalue weighted by atomic mass is 10.1. The largest absolute Gasteiger partial charge is 0.330 e. The molecule has 2 aromatic carbocycles. The van der Waals surface area contributed by atoms with Gasteiger partial charge in [-0.3, -0.25) is 0 Å². The molecule has 102 valence electrons. The number of thiazole rings is 1. The topological polar surface area (TPSA) is 38.9 Å². The van der Waals surface area contributed by atoms with E-state index in [1.54, 1.807) is 23.1 Å². The Bertz CT molecular complexity index is 707. The number of para-hydroxylation sites is 1. The smallest absolute Gasteiger partial charge is 0.155 e. The van der Waals surface area contributed by atoms with Crippen LogP contribution in [-0.4, -0.2) is 11.5 Å². The van der Waals surface area contributed by atoms with Crippen LogP contribution in [0.25, 0.3) is 10.2 Å². The second kappa shape index (κ2) is 6.14. The van der Waals surface area contributed by atoms with Gasteiger partial charge in [-0.05, 0) is 36.7 Å². The molecular formula is C15H13ClN2S2. The van der Waals surface area contributed by atoms with Crippen LogP contribution in [0.5, 0.6) is 0 Å². The average molecular weight is 321 g/mol. The zero-order chi connectivity index (χ0) is 13.9. The predicted octanol–water partition coefficient (Wildman–Crippen LogP) is 4.60. The van der Waals surface area contributed by atoms with Gasteiger partial charge in [0, 0.05) is 4.90 Å². The maximum absolute atomic E-state index is 6.33. The average Bonchev–Trinajstić information content (AvgIpc) is 2.85. The Hall–Kier alpha value is -1.07. The van der Waals surface area contributed by atoms with E-state index >= 15 is 0 Å². The molecule has 0 spiro atoms. The molecule has 2 N–H and O–H groups in total. The number of benzene rings is 2. The molecule has 0 aliphatic carbocycles. The van der Waals surface area contributed by atoms with E-state index in [0.29, 0.717) is 6.54 Å². The quantitative estimate of drug-likeness (QED) is 0.763. The van der Waals surface area contributed by atoms with Gasteiger partial charge in [0.05, 0.1) is 15.2 Å². The predicted molar refractivity (Wildman–Crippen MR) is 88.0 cm³/mol. The normalized spacial score (nSPS) is 11.1. The van der Waals surface area contributed by atoms with Crippen LogP contribution in [0.1, 0.15) is 5.56 Å². The SMILES string of the molecule is NCCc1cccc(Cl)c1Sc1nc2ccccc2s1. The van der Waals surface area contributed by atoms with Gasteiger partial charge in [-0.25, -0.2) is 4.98 Å². The van der Waals surface area contributed by atoms with Crippen LogP contribution in [0.4, 0.5) is 0 Å². The fraction of sp³-hybridized carbons (Fsp3) is 0.133. The van der Waals surface area contributed by atoms with Crippen molar-refractivity contribution in [3.63, 3.8) is 0 Å². The number of fused-ring (bicyclic) bond motifs is 1. The molecule has 0 saturated heterocycles. The van der Waals surface area contributed by atoms with E-state index in [0.717, 1.165) is 26.2 Å². The third-order valence-corrected chi connectivity index (χ3v) is 5.64. The van der Waals surface area contributed by atoms with Crippen molar-refractivity contribution in [2.75, 3.05) is 6.54 Å². The summed E-state index contributed by atoms with van der Waals surface area (Å²) in [6, 6.07) is 14.1. The monoisotopic (exact) mass is 320 g/mol. The molecule has 0 radical (unpaired) electrons. The van der Waals surface area contributed by atoms with E-state index in [2.05, 4.69) is 17.1 Å². The number of hydrogen-bond acceptors (Lipinski definition) is 4. The van der Waals surface area contributed by atoms with Crippen LogP contribution < -0.4 is 5.73 Å². The Morgan fingerprint density at radius 2 is 2.00 bits per heavy atom. The van der Waals surface area contributed by atoms with E-state index in [1.807, 2.05) is 30.3 Å². The summed E-state index contributed by atoms with van der Waals surface area (Å²) in [6.07, 6.45) is 0.827. The Morgan fingerprint density at radius 3 is 2.80 bits per heavy atom. The summed E-state index contributed by atoms with van der Waals surface area (Å²) < 4.78 is 2.21. The number of aromatic nitrogens is 1. The summed E-state index contributed by atoms with van der Waals surface area (Å²) in [4.78, 5) is 5.71. The van der Waals surface area contributed by atoms with Crippen LogP contribution in [0.2, 0.25) is 5.02 Å². The first-order chi connectivity index (χ1) is 9.78. The van der Waals surface area contributed by atoms with Gasteiger partial charge in [0.25, 0.3) is 0 Å². The Labute approximate surface area is 131 Å². The van der Waals surface area contributed by atoms with Crippen molar-refractivity contribution in [2.45, 2.75) is 15.7 Å². The van der Waals surface area contributed by atoms with Gasteiger partial charge < -0.3 is 5.73 Å². The number of nitrogens with zero attached hydrogens (tertiary/aromatic N) is 1. The van der Waals surface area contributed by atoms with E-state index in [-0.39, 0.29) is 0 Å². The lowest BCUT2D eigenvalue weighted by Gasteiger charge is -2.08. The van der Waals surface area contributed by atoms with Gasteiger partial charge in [-0.1, -0.05) is 47.6 Å². The van der Waals surface area contributed by atoms with Crippen LogP contribution >= 0.6 is 34.7 Å². The summed E-state index contributed by atoms with van der Waals surface area (Å²) >= 11 is 9.64. The molecule has 0 fully saturated rings. The van der Waals surface area contributed by atoms with E-state index in [4.69, 9.17) is 17.3 Å². The zero-order valence-corrected chi connectivity index (χ0v) is 13.1. The maximum Gasteiger partial charge on any atom is 0.155 e. The molecule has 1 heterocycles. The fourth-order valence-electron chi connectivity index (χ4n) is 2.00. The second-order valence-corrected chi connectivity index (χ2v) is 7.01. The minimum Gasteiger partial charge on any atom is -0.330 e. The van der Waals surface area contributed by atoms with Crippen molar-refractivity contribution in [3.8, 4) is 0 Å². The minimum atomic E-state index is 0.619. The van der Waals surface area contributed by atoms with Crippen LogP contribution in [0.15, 0.2) is 51.7 Å². The van der Waals surface area contributed by atoms with Crippen LogP contribution in [-0.2, 0) is 6.42 Å². The minimum absolute atomic E-state index is 0.619. The maximum atomic E-state index is 6.33. The lowest BCUT2D eigenvalue weighted by Crippen LogP contribution is -2.03. The van der Waals surface area contributed by atoms with Crippen molar-refractivity contribution in [1.82, 2.24) is 4.98 Å². The third kappa shape index (κ3) is 2.83. The van der Waals surface area contributed by atoms with Crippen LogP contribution in [0, 0.1) is 0 Å². The molecule has 3 aromatic rings. The highest BCUT2D eigenvalue weighted by Gasteiger charge is 2.11. The zero-order valence-electron chi connectivity index (χ0n) is 10.7. The molecule has 0 amide bonds. The van der Waals surface area contributed by atoms with Gasteiger partial charge >= 0.3 is 0 Å². The molecule has 2 nitrogen and oxygen atoms in total. The van der Waals surface area contributed by atoms with E-state index in [1.165, 1.54) is 10.3 Å². The number of halogens is 1. The molecule has 0 aliphatic rings. The van der Waals surface area contributed by atoms with Gasteiger partial charge in [-0.15, -0.1) is 11.3 Å². The van der Waals surface area contributed by atoms with Gasteiger partial charge in [0.15, 0.2) is 4.34 Å². The Balaban J connectivity index is 1.97. The highest BCUT2D eigenvalue weighted by molar-refractivity contribution is 8.01. The second-order valence-electron chi connectivity index (χ2n) is 4.32. The van der Waals surface area contributed by atoms with Gasteiger partial charge in [0.2, 0.25) is 0 Å². The molecule has 5 heteroatoms. The summed E-state index contributed by atoms with van der Waals surface area (Å²) in [5.41, 5.74) is 7.89. The number of nitrogens with two attached hydrogens (primary N) is 1. The Kier molecular flexibility index (Phi) is 4.27. The highest BCUT2D eigenvalue weighted by atomic mass is 35.5. The molecule has 0 unspecified atom stereocenters.